The summed E-state index contributed by atoms with van der Waals surface area (Å²) in [7, 11) is 0. The zero-order valence-electron chi connectivity index (χ0n) is 18.3. The summed E-state index contributed by atoms with van der Waals surface area (Å²) in [5.41, 5.74) is 4.23. The molecule has 0 aliphatic carbocycles. The van der Waals surface area contributed by atoms with E-state index < -0.39 is 0 Å². The predicted molar refractivity (Wildman–Crippen MR) is 125 cm³/mol. The van der Waals surface area contributed by atoms with Crippen LogP contribution in [0.15, 0.2) is 42.5 Å². The van der Waals surface area contributed by atoms with Crippen molar-refractivity contribution >= 4 is 29.1 Å². The zero-order chi connectivity index (χ0) is 22.0. The predicted octanol–water partition coefficient (Wildman–Crippen LogP) is 4.16. The van der Waals surface area contributed by atoms with Crippen molar-refractivity contribution in [3.8, 4) is 0 Å². The lowest BCUT2D eigenvalue weighted by atomic mass is 9.94. The van der Waals surface area contributed by atoms with Crippen molar-refractivity contribution in [2.24, 2.45) is 5.92 Å². The van der Waals surface area contributed by atoms with Gasteiger partial charge in [-0.2, -0.15) is 0 Å². The minimum absolute atomic E-state index is 0.0153. The van der Waals surface area contributed by atoms with Crippen LogP contribution in [0, 0.1) is 19.8 Å². The highest BCUT2D eigenvalue weighted by atomic mass is 35.5. The SMILES string of the molecule is Cc1ccc(C(=O)N2CCC(C(=O)N3CCN(c4cc(Cl)ccc4C)CC3)CC2)cc1. The fourth-order valence-corrected chi connectivity index (χ4v) is 4.72. The number of amides is 2. The minimum Gasteiger partial charge on any atom is -0.368 e. The third kappa shape index (κ3) is 4.87. The van der Waals surface area contributed by atoms with Crippen molar-refractivity contribution in [2.45, 2.75) is 26.7 Å². The van der Waals surface area contributed by atoms with Crippen LogP contribution in [0.25, 0.3) is 0 Å². The first-order valence-corrected chi connectivity index (χ1v) is 11.5. The molecule has 0 N–H and O–H groups in total. The molecular weight excluding hydrogens is 410 g/mol. The van der Waals surface area contributed by atoms with Gasteiger partial charge in [0.15, 0.2) is 0 Å². The molecule has 2 aromatic carbocycles. The molecule has 2 amide bonds. The second kappa shape index (κ2) is 9.31. The lowest BCUT2D eigenvalue weighted by Crippen LogP contribution is -2.52. The monoisotopic (exact) mass is 439 g/mol. The van der Waals surface area contributed by atoms with E-state index in [1.54, 1.807) is 0 Å². The number of piperazine rings is 1. The molecule has 2 heterocycles. The van der Waals surface area contributed by atoms with Gasteiger partial charge in [-0.05, 0) is 56.5 Å². The van der Waals surface area contributed by atoms with Gasteiger partial charge in [0.1, 0.15) is 0 Å². The van der Waals surface area contributed by atoms with Gasteiger partial charge >= 0.3 is 0 Å². The normalized spacial score (nSPS) is 17.7. The average Bonchev–Trinajstić information content (AvgIpc) is 2.80. The maximum absolute atomic E-state index is 13.1. The first-order chi connectivity index (χ1) is 14.9. The minimum atomic E-state index is 0.0153. The number of nitrogens with zero attached hydrogens (tertiary/aromatic N) is 3. The second-order valence-electron chi connectivity index (χ2n) is 8.68. The van der Waals surface area contributed by atoms with Crippen molar-refractivity contribution in [3.05, 3.63) is 64.2 Å². The third-order valence-corrected chi connectivity index (χ3v) is 6.77. The Morgan fingerprint density at radius 3 is 2.13 bits per heavy atom. The number of benzene rings is 2. The van der Waals surface area contributed by atoms with E-state index in [9.17, 15) is 9.59 Å². The highest BCUT2D eigenvalue weighted by molar-refractivity contribution is 6.30. The molecule has 0 saturated carbocycles. The maximum atomic E-state index is 13.1. The van der Waals surface area contributed by atoms with Crippen LogP contribution < -0.4 is 4.90 Å². The van der Waals surface area contributed by atoms with Gasteiger partial charge in [-0.25, -0.2) is 0 Å². The van der Waals surface area contributed by atoms with Crippen LogP contribution in [0.4, 0.5) is 5.69 Å². The summed E-state index contributed by atoms with van der Waals surface area (Å²) in [5, 5.41) is 0.742. The van der Waals surface area contributed by atoms with E-state index in [1.165, 1.54) is 5.56 Å². The second-order valence-corrected chi connectivity index (χ2v) is 9.11. The van der Waals surface area contributed by atoms with Crippen LogP contribution in [-0.2, 0) is 4.79 Å². The Labute approximate surface area is 189 Å². The summed E-state index contributed by atoms with van der Waals surface area (Å²) in [6.07, 6.45) is 1.48. The standard InChI is InChI=1S/C25H30ClN3O2/c1-18-3-6-20(7-4-18)24(30)28-11-9-21(10-12-28)25(31)29-15-13-27(14-16-29)23-17-22(26)8-5-19(23)2/h3-8,17,21H,9-16H2,1-2H3. The van der Waals surface area contributed by atoms with Crippen LogP contribution in [-0.4, -0.2) is 60.9 Å². The average molecular weight is 440 g/mol. The van der Waals surface area contributed by atoms with E-state index in [0.717, 1.165) is 60.9 Å². The van der Waals surface area contributed by atoms with Gasteiger partial charge < -0.3 is 14.7 Å². The highest BCUT2D eigenvalue weighted by Gasteiger charge is 2.32. The molecule has 2 aliphatic heterocycles. The molecule has 4 rings (SSSR count). The number of likely N-dealkylation sites (tertiary alicyclic amines) is 1. The maximum Gasteiger partial charge on any atom is 0.253 e. The van der Waals surface area contributed by atoms with Gasteiger partial charge in [0, 0.05) is 61.5 Å². The Morgan fingerprint density at radius 2 is 1.48 bits per heavy atom. The molecule has 0 spiro atoms. The number of hydrogen-bond donors (Lipinski definition) is 0. The van der Waals surface area contributed by atoms with Crippen molar-refractivity contribution in [3.63, 3.8) is 0 Å². The summed E-state index contributed by atoms with van der Waals surface area (Å²) in [6, 6.07) is 13.7. The van der Waals surface area contributed by atoms with E-state index in [0.29, 0.717) is 13.1 Å². The highest BCUT2D eigenvalue weighted by Crippen LogP contribution is 2.27. The van der Waals surface area contributed by atoms with E-state index >= 15 is 0 Å². The fourth-order valence-electron chi connectivity index (χ4n) is 4.56. The molecule has 0 atom stereocenters. The number of halogens is 1. The van der Waals surface area contributed by atoms with Gasteiger partial charge in [-0.3, -0.25) is 9.59 Å². The van der Waals surface area contributed by atoms with Gasteiger partial charge in [0.05, 0.1) is 0 Å². The van der Waals surface area contributed by atoms with Gasteiger partial charge in [0.2, 0.25) is 5.91 Å². The molecule has 0 unspecified atom stereocenters. The smallest absolute Gasteiger partial charge is 0.253 e. The molecule has 31 heavy (non-hydrogen) atoms. The topological polar surface area (TPSA) is 43.9 Å². The van der Waals surface area contributed by atoms with Crippen LogP contribution in [0.1, 0.15) is 34.3 Å². The van der Waals surface area contributed by atoms with Crippen molar-refractivity contribution in [1.82, 2.24) is 9.80 Å². The Balaban J connectivity index is 1.29. The molecule has 2 aromatic rings. The lowest BCUT2D eigenvalue weighted by Gasteiger charge is -2.39. The molecule has 0 aromatic heterocycles. The number of anilines is 1. The molecule has 2 saturated heterocycles. The number of aryl methyl sites for hydroxylation is 2. The lowest BCUT2D eigenvalue weighted by molar-refractivity contribution is -0.137. The number of hydrogen-bond acceptors (Lipinski definition) is 3. The van der Waals surface area contributed by atoms with E-state index in [1.807, 2.05) is 59.2 Å². The Morgan fingerprint density at radius 1 is 0.839 bits per heavy atom. The van der Waals surface area contributed by atoms with Crippen LogP contribution >= 0.6 is 11.6 Å². The van der Waals surface area contributed by atoms with Crippen LogP contribution in [0.2, 0.25) is 5.02 Å². The molecule has 5 nitrogen and oxygen atoms in total. The summed E-state index contributed by atoms with van der Waals surface area (Å²) in [5.74, 6) is 0.322. The fraction of sp³-hybridized carbons (Fsp3) is 0.440. The molecular formula is C25H30ClN3O2. The summed E-state index contributed by atoms with van der Waals surface area (Å²) in [6.45, 7) is 8.49. The number of carbonyl (C=O) groups excluding carboxylic acids is 2. The quantitative estimate of drug-likeness (QED) is 0.721. The van der Waals surface area contributed by atoms with Gasteiger partial charge in [-0.1, -0.05) is 35.4 Å². The summed E-state index contributed by atoms with van der Waals surface area (Å²) in [4.78, 5) is 32.0. The van der Waals surface area contributed by atoms with E-state index in [-0.39, 0.29) is 17.7 Å². The zero-order valence-corrected chi connectivity index (χ0v) is 19.1. The molecule has 0 radical (unpaired) electrons. The van der Waals surface area contributed by atoms with E-state index in [2.05, 4.69) is 11.8 Å². The molecule has 0 bridgehead atoms. The summed E-state index contributed by atoms with van der Waals surface area (Å²) < 4.78 is 0. The molecule has 2 fully saturated rings. The molecule has 164 valence electrons. The van der Waals surface area contributed by atoms with Crippen LogP contribution in [0.5, 0.6) is 0 Å². The Kier molecular flexibility index (Phi) is 6.51. The Hall–Kier alpha value is -2.53. The largest absolute Gasteiger partial charge is 0.368 e. The molecule has 2 aliphatic rings. The van der Waals surface area contributed by atoms with E-state index in [4.69, 9.17) is 11.6 Å². The third-order valence-electron chi connectivity index (χ3n) is 6.53. The Bertz CT molecular complexity index is 944. The van der Waals surface area contributed by atoms with Crippen LogP contribution in [0.3, 0.4) is 0 Å². The molecule has 6 heteroatoms. The van der Waals surface area contributed by atoms with Crippen molar-refractivity contribution in [1.29, 1.82) is 0 Å². The number of piperidine rings is 1. The summed E-state index contributed by atoms with van der Waals surface area (Å²) >= 11 is 6.18. The first-order valence-electron chi connectivity index (χ1n) is 11.1. The number of carbonyl (C=O) groups is 2. The van der Waals surface area contributed by atoms with Gasteiger partial charge in [0.25, 0.3) is 5.91 Å². The van der Waals surface area contributed by atoms with Crippen molar-refractivity contribution in [2.75, 3.05) is 44.2 Å². The first kappa shape index (κ1) is 21.7. The number of rotatable bonds is 3. The van der Waals surface area contributed by atoms with Gasteiger partial charge in [-0.15, -0.1) is 0 Å². The van der Waals surface area contributed by atoms with Crippen molar-refractivity contribution < 1.29 is 9.59 Å².